The second kappa shape index (κ2) is 9.03. The molecule has 5 nitrogen and oxygen atoms in total. The normalized spacial score (nSPS) is 11.8. The van der Waals surface area contributed by atoms with Crippen LogP contribution in [-0.2, 0) is 0 Å². The quantitative estimate of drug-likeness (QED) is 0.218. The van der Waals surface area contributed by atoms with E-state index < -0.39 is 0 Å². The average Bonchev–Trinajstić information content (AvgIpc) is 3.60. The molecule has 6 heteroatoms. The Morgan fingerprint density at radius 2 is 1.29 bits per heavy atom. The molecular weight excluding hydrogens is 534 g/mol. The van der Waals surface area contributed by atoms with Crippen LogP contribution < -0.4 is 0 Å². The molecule has 0 fully saturated rings. The molecule has 0 atom stereocenters. The molecule has 0 unspecified atom stereocenters. The topological polar surface area (TPSA) is 56.5 Å². The van der Waals surface area contributed by atoms with Crippen molar-refractivity contribution in [3.63, 3.8) is 0 Å². The van der Waals surface area contributed by atoms with Crippen molar-refractivity contribution in [1.29, 1.82) is 0 Å². The Hall–Kier alpha value is -5.46. The molecule has 5 aromatic carbocycles. The molecular formula is C36H21N5S. The maximum absolute atomic E-state index is 5.28. The highest BCUT2D eigenvalue weighted by Gasteiger charge is 2.20. The van der Waals surface area contributed by atoms with Gasteiger partial charge < -0.3 is 0 Å². The van der Waals surface area contributed by atoms with Crippen LogP contribution in [0.4, 0.5) is 0 Å². The summed E-state index contributed by atoms with van der Waals surface area (Å²) in [4.78, 5) is 19.4. The fourth-order valence-electron chi connectivity index (χ4n) is 6.11. The lowest BCUT2D eigenvalue weighted by Gasteiger charge is -2.12. The summed E-state index contributed by atoms with van der Waals surface area (Å²) in [5.74, 6) is 0.649. The second-order valence-electron chi connectivity index (χ2n) is 10.4. The zero-order valence-electron chi connectivity index (χ0n) is 22.3. The maximum Gasteiger partial charge on any atom is 0.235 e. The van der Waals surface area contributed by atoms with Gasteiger partial charge in [-0.25, -0.2) is 19.9 Å². The standard InChI is InChI=1S/C36H21N5S/c1-2-8-22(9-3-1)23-14-16-24(17-15-23)34-25-10-4-6-12-27(25)39-36(40-34)41-28-13-7-5-11-26(28)32-29(41)18-19-30-33(32)35-31(42-30)20-37-21-38-35/h1-21H. The number of hydrogen-bond donors (Lipinski definition) is 0. The van der Waals surface area contributed by atoms with Gasteiger partial charge in [0, 0.05) is 38.0 Å². The SMILES string of the molecule is c1ccc(-c2ccc(-c3nc(-n4c5ccccc5c5c6c(ccc54)sc4cncnc46)nc4ccccc34)cc2)cc1. The molecule has 42 heavy (non-hydrogen) atoms. The van der Waals surface area contributed by atoms with E-state index in [1.54, 1.807) is 17.7 Å². The summed E-state index contributed by atoms with van der Waals surface area (Å²) < 4.78 is 4.47. The summed E-state index contributed by atoms with van der Waals surface area (Å²) in [6, 6.07) is 40.2. The van der Waals surface area contributed by atoms with Gasteiger partial charge in [0.2, 0.25) is 5.95 Å². The van der Waals surface area contributed by atoms with Crippen molar-refractivity contribution < 1.29 is 0 Å². The number of thiophene rings is 1. The van der Waals surface area contributed by atoms with Gasteiger partial charge in [-0.05, 0) is 35.4 Å². The third kappa shape index (κ3) is 3.42. The van der Waals surface area contributed by atoms with Crippen molar-refractivity contribution in [2.45, 2.75) is 0 Å². The molecule has 0 saturated carbocycles. The third-order valence-corrected chi connectivity index (χ3v) is 9.07. The number of benzene rings is 5. The predicted octanol–water partition coefficient (Wildman–Crippen LogP) is 9.22. The van der Waals surface area contributed by atoms with Crippen LogP contribution in [0.5, 0.6) is 0 Å². The molecule has 0 saturated heterocycles. The van der Waals surface area contributed by atoms with Gasteiger partial charge in [0.05, 0.1) is 32.5 Å². The number of rotatable bonds is 3. The van der Waals surface area contributed by atoms with Gasteiger partial charge in [-0.2, -0.15) is 0 Å². The summed E-state index contributed by atoms with van der Waals surface area (Å²) in [7, 11) is 0. The van der Waals surface area contributed by atoms with Crippen molar-refractivity contribution >= 4 is 64.3 Å². The van der Waals surface area contributed by atoms with E-state index >= 15 is 0 Å². The van der Waals surface area contributed by atoms with Gasteiger partial charge >= 0.3 is 0 Å². The van der Waals surface area contributed by atoms with E-state index in [0.717, 1.165) is 54.2 Å². The van der Waals surface area contributed by atoms with E-state index in [-0.39, 0.29) is 0 Å². The van der Waals surface area contributed by atoms with Crippen molar-refractivity contribution in [3.05, 3.63) is 128 Å². The first-order valence-corrected chi connectivity index (χ1v) is 14.6. The van der Waals surface area contributed by atoms with Crippen LogP contribution in [0.25, 0.3) is 81.3 Å². The van der Waals surface area contributed by atoms with Crippen LogP contribution in [0.2, 0.25) is 0 Å². The molecule has 9 rings (SSSR count). The zero-order chi connectivity index (χ0) is 27.6. The fraction of sp³-hybridized carbons (Fsp3) is 0. The minimum Gasteiger partial charge on any atom is -0.278 e. The highest BCUT2D eigenvalue weighted by molar-refractivity contribution is 7.25. The maximum atomic E-state index is 5.28. The molecule has 0 N–H and O–H groups in total. The minimum atomic E-state index is 0.649. The minimum absolute atomic E-state index is 0.649. The first kappa shape index (κ1) is 23.3. The van der Waals surface area contributed by atoms with Crippen molar-refractivity contribution in [2.24, 2.45) is 0 Å². The van der Waals surface area contributed by atoms with E-state index in [9.17, 15) is 0 Å². The summed E-state index contributed by atoms with van der Waals surface area (Å²) in [6.07, 6.45) is 3.54. The number of para-hydroxylation sites is 2. The fourth-order valence-corrected chi connectivity index (χ4v) is 7.15. The van der Waals surface area contributed by atoms with Crippen LogP contribution >= 0.6 is 11.3 Å². The zero-order valence-corrected chi connectivity index (χ0v) is 23.1. The van der Waals surface area contributed by atoms with E-state index in [1.165, 1.54) is 21.2 Å². The lowest BCUT2D eigenvalue weighted by Crippen LogP contribution is -2.03. The third-order valence-electron chi connectivity index (χ3n) is 7.99. The Balaban J connectivity index is 1.33. The summed E-state index contributed by atoms with van der Waals surface area (Å²) in [5.41, 5.74) is 8.35. The summed E-state index contributed by atoms with van der Waals surface area (Å²) >= 11 is 1.73. The van der Waals surface area contributed by atoms with E-state index in [4.69, 9.17) is 15.0 Å². The molecule has 4 aromatic heterocycles. The second-order valence-corrected chi connectivity index (χ2v) is 11.4. The van der Waals surface area contributed by atoms with Gasteiger partial charge in [0.15, 0.2) is 0 Å². The Morgan fingerprint density at radius 1 is 0.548 bits per heavy atom. The first-order valence-electron chi connectivity index (χ1n) is 13.8. The molecule has 0 amide bonds. The highest BCUT2D eigenvalue weighted by atomic mass is 32.1. The Kier molecular flexibility index (Phi) is 5.00. The summed E-state index contributed by atoms with van der Waals surface area (Å²) in [6.45, 7) is 0. The number of aromatic nitrogens is 5. The summed E-state index contributed by atoms with van der Waals surface area (Å²) in [5, 5.41) is 4.50. The van der Waals surface area contributed by atoms with Crippen molar-refractivity contribution in [2.75, 3.05) is 0 Å². The lowest BCUT2D eigenvalue weighted by molar-refractivity contribution is 1.01. The average molecular weight is 556 g/mol. The first-order chi connectivity index (χ1) is 20.8. The number of nitrogens with zero attached hydrogens (tertiary/aromatic N) is 5. The number of fused-ring (bicyclic) bond motifs is 8. The van der Waals surface area contributed by atoms with E-state index in [2.05, 4.69) is 107 Å². The Labute approximate surface area is 244 Å². The number of hydrogen-bond acceptors (Lipinski definition) is 5. The lowest BCUT2D eigenvalue weighted by atomic mass is 10.0. The van der Waals surface area contributed by atoms with Crippen molar-refractivity contribution in [1.82, 2.24) is 24.5 Å². The van der Waals surface area contributed by atoms with Crippen LogP contribution in [0, 0.1) is 0 Å². The van der Waals surface area contributed by atoms with Gasteiger partial charge in [-0.15, -0.1) is 11.3 Å². The van der Waals surface area contributed by atoms with Crippen LogP contribution in [-0.4, -0.2) is 24.5 Å². The monoisotopic (exact) mass is 555 g/mol. The van der Waals surface area contributed by atoms with Gasteiger partial charge in [-0.3, -0.25) is 4.57 Å². The molecule has 9 aromatic rings. The Bertz CT molecular complexity index is 2460. The molecule has 0 bridgehead atoms. The van der Waals surface area contributed by atoms with Crippen LogP contribution in [0.1, 0.15) is 0 Å². The molecule has 0 radical (unpaired) electrons. The predicted molar refractivity (Wildman–Crippen MR) is 173 cm³/mol. The molecule has 4 heterocycles. The molecule has 0 spiro atoms. The molecule has 0 aliphatic rings. The molecule has 196 valence electrons. The highest BCUT2D eigenvalue weighted by Crippen LogP contribution is 2.42. The van der Waals surface area contributed by atoms with Gasteiger partial charge in [0.25, 0.3) is 0 Å². The molecule has 0 aliphatic carbocycles. The van der Waals surface area contributed by atoms with Crippen molar-refractivity contribution in [3.8, 4) is 28.3 Å². The van der Waals surface area contributed by atoms with E-state index in [1.807, 2.05) is 24.4 Å². The Morgan fingerprint density at radius 3 is 2.17 bits per heavy atom. The largest absolute Gasteiger partial charge is 0.278 e. The smallest absolute Gasteiger partial charge is 0.235 e. The van der Waals surface area contributed by atoms with Gasteiger partial charge in [0.1, 0.15) is 6.33 Å². The van der Waals surface area contributed by atoms with E-state index in [0.29, 0.717) is 5.95 Å². The van der Waals surface area contributed by atoms with Crippen LogP contribution in [0.3, 0.4) is 0 Å². The van der Waals surface area contributed by atoms with Crippen LogP contribution in [0.15, 0.2) is 128 Å². The van der Waals surface area contributed by atoms with Gasteiger partial charge in [-0.1, -0.05) is 91.0 Å². The molecule has 0 aliphatic heterocycles.